The molecule has 3 N–H and O–H groups in total. The first-order chi connectivity index (χ1) is 24.5. The smallest absolute Gasteiger partial charge is 0.282 e. The molecule has 0 spiro atoms. The highest BCUT2D eigenvalue weighted by Gasteiger charge is 2.38. The van der Waals surface area contributed by atoms with Gasteiger partial charge in [0.25, 0.3) is 10.2 Å². The van der Waals surface area contributed by atoms with E-state index in [1.165, 1.54) is 26.9 Å². The minimum absolute atomic E-state index is 0.0260. The molecule has 0 unspecified atom stereocenters. The molecule has 6 rings (SSSR count). The third-order valence-corrected chi connectivity index (χ3v) is 11.9. The Morgan fingerprint density at radius 3 is 2.31 bits per heavy atom. The molecule has 15 heteroatoms. The van der Waals surface area contributed by atoms with Gasteiger partial charge in [-0.15, -0.1) is 0 Å². The zero-order chi connectivity index (χ0) is 36.1. The lowest BCUT2D eigenvalue weighted by molar-refractivity contribution is -0.127. The summed E-state index contributed by atoms with van der Waals surface area (Å²) in [5, 5.41) is 8.69. The fourth-order valence-corrected chi connectivity index (χ4v) is 8.92. The van der Waals surface area contributed by atoms with Crippen molar-refractivity contribution in [2.75, 3.05) is 38.0 Å². The number of nitrogens with one attached hydrogen (secondary N) is 3. The molecule has 2 aromatic carbocycles. The first-order valence-electron chi connectivity index (χ1n) is 17.4. The molecule has 1 aliphatic carbocycles. The summed E-state index contributed by atoms with van der Waals surface area (Å²) in [4.78, 5) is 31.3. The largest absolute Gasteiger partial charge is 0.343 e. The molecule has 0 radical (unpaired) electrons. The van der Waals surface area contributed by atoms with Gasteiger partial charge >= 0.3 is 0 Å². The van der Waals surface area contributed by atoms with Crippen molar-refractivity contribution in [3.05, 3.63) is 94.8 Å². The molecule has 2 amide bonds. The number of aromatic nitrogens is 1. The van der Waals surface area contributed by atoms with Crippen molar-refractivity contribution in [2.24, 2.45) is 5.92 Å². The van der Waals surface area contributed by atoms with Crippen molar-refractivity contribution in [3.8, 4) is 0 Å². The minimum atomic E-state index is -3.64. The molecular formula is C36H42F4N6O4S. The summed E-state index contributed by atoms with van der Waals surface area (Å²) >= 11 is 0. The lowest BCUT2D eigenvalue weighted by atomic mass is 9.84. The molecule has 2 aliphatic heterocycles. The highest BCUT2D eigenvalue weighted by Crippen LogP contribution is 2.34. The molecule has 1 saturated carbocycles. The van der Waals surface area contributed by atoms with E-state index >= 15 is 4.39 Å². The first-order valence-corrected chi connectivity index (χ1v) is 18.8. The average molecular weight is 731 g/mol. The van der Waals surface area contributed by atoms with Crippen molar-refractivity contribution >= 4 is 27.7 Å². The van der Waals surface area contributed by atoms with Gasteiger partial charge in [-0.3, -0.25) is 14.6 Å². The second-order valence-electron chi connectivity index (χ2n) is 13.5. The fourth-order valence-electron chi connectivity index (χ4n) is 7.03. The summed E-state index contributed by atoms with van der Waals surface area (Å²) in [6, 6.07) is 6.02. The number of halogens is 4. The maximum absolute atomic E-state index is 15.4. The Morgan fingerprint density at radius 1 is 0.922 bits per heavy atom. The molecule has 3 heterocycles. The number of rotatable bonds is 14. The fraction of sp³-hybridized carbons (Fsp3) is 0.472. The van der Waals surface area contributed by atoms with Gasteiger partial charge in [-0.05, 0) is 86.3 Å². The van der Waals surface area contributed by atoms with E-state index in [0.717, 1.165) is 56.1 Å². The third kappa shape index (κ3) is 9.12. The summed E-state index contributed by atoms with van der Waals surface area (Å²) in [7, 11) is -3.64. The predicted octanol–water partition coefficient (Wildman–Crippen LogP) is 4.63. The zero-order valence-corrected chi connectivity index (χ0v) is 28.9. The normalized spacial score (nSPS) is 19.8. The standard InChI is InChI=1S/C36H42F4N6O4S/c37-26-10-8-24(9-11-26)34(25-17-27(38)19-28(39)18-25)35(44-33(47)16-23-6-7-23)36(48)43-32-22-42-21-31(40)30(32)5-3-4-29-20-41-12-15-46(29)51(49,50)45-13-1-2-14-45/h8-11,17-19,21-23,29,34-35,41H,1-7,12-16,20H2,(H,43,48)(H,44,47)/t29-,34-,35-/m0/s1. The molecule has 3 aromatic rings. The molecule has 274 valence electrons. The maximum atomic E-state index is 15.4. The van der Waals surface area contributed by atoms with Gasteiger partial charge in [-0.1, -0.05) is 12.1 Å². The Labute approximate surface area is 295 Å². The van der Waals surface area contributed by atoms with Crippen LogP contribution in [-0.4, -0.2) is 78.6 Å². The van der Waals surface area contributed by atoms with Gasteiger partial charge in [0.2, 0.25) is 11.8 Å². The molecule has 10 nitrogen and oxygen atoms in total. The molecule has 3 aliphatic rings. The van der Waals surface area contributed by atoms with E-state index in [2.05, 4.69) is 20.9 Å². The molecule has 3 atom stereocenters. The van der Waals surface area contributed by atoms with Gasteiger partial charge in [0.1, 0.15) is 29.3 Å². The lowest BCUT2D eigenvalue weighted by Crippen LogP contribution is -2.56. The topological polar surface area (TPSA) is 124 Å². The van der Waals surface area contributed by atoms with Gasteiger partial charge in [-0.25, -0.2) is 17.6 Å². The van der Waals surface area contributed by atoms with Crippen LogP contribution in [0.3, 0.4) is 0 Å². The van der Waals surface area contributed by atoms with E-state index in [1.807, 2.05) is 0 Å². The Bertz CT molecular complexity index is 1800. The Morgan fingerprint density at radius 2 is 1.63 bits per heavy atom. The second kappa shape index (κ2) is 16.2. The van der Waals surface area contributed by atoms with Crippen molar-refractivity contribution < 1.29 is 35.6 Å². The molecule has 2 saturated heterocycles. The van der Waals surface area contributed by atoms with Gasteiger partial charge < -0.3 is 16.0 Å². The van der Waals surface area contributed by atoms with Crippen molar-refractivity contribution in [1.29, 1.82) is 0 Å². The van der Waals surface area contributed by atoms with Crippen LogP contribution < -0.4 is 16.0 Å². The number of benzene rings is 2. The van der Waals surface area contributed by atoms with Gasteiger partial charge in [-0.2, -0.15) is 17.0 Å². The first kappa shape index (κ1) is 36.9. The van der Waals surface area contributed by atoms with Crippen LogP contribution in [0, 0.1) is 29.2 Å². The molecule has 51 heavy (non-hydrogen) atoms. The number of hydrogen-bond donors (Lipinski definition) is 3. The Kier molecular flexibility index (Phi) is 11.7. The van der Waals surface area contributed by atoms with E-state index in [1.54, 1.807) is 0 Å². The van der Waals surface area contributed by atoms with E-state index in [0.29, 0.717) is 57.2 Å². The lowest BCUT2D eigenvalue weighted by Gasteiger charge is -2.37. The zero-order valence-electron chi connectivity index (χ0n) is 28.1. The Hall–Kier alpha value is -3.92. The van der Waals surface area contributed by atoms with Crippen LogP contribution in [-0.2, 0) is 26.2 Å². The Balaban J connectivity index is 1.25. The van der Waals surface area contributed by atoms with Crippen LogP contribution in [0.1, 0.15) is 67.6 Å². The summed E-state index contributed by atoms with van der Waals surface area (Å²) < 4.78 is 88.3. The van der Waals surface area contributed by atoms with E-state index in [9.17, 15) is 31.2 Å². The monoisotopic (exact) mass is 730 g/mol. The predicted molar refractivity (Wildman–Crippen MR) is 183 cm³/mol. The van der Waals surface area contributed by atoms with Crippen LogP contribution in [0.4, 0.5) is 23.2 Å². The number of nitrogens with zero attached hydrogens (tertiary/aromatic N) is 3. The van der Waals surface area contributed by atoms with Crippen LogP contribution >= 0.6 is 0 Å². The number of pyridine rings is 1. The second-order valence-corrected chi connectivity index (χ2v) is 15.4. The maximum Gasteiger partial charge on any atom is 0.282 e. The molecular weight excluding hydrogens is 688 g/mol. The minimum Gasteiger partial charge on any atom is -0.343 e. The van der Waals surface area contributed by atoms with Crippen LogP contribution in [0.25, 0.3) is 0 Å². The number of carbonyl (C=O) groups excluding carboxylic acids is 2. The number of piperazine rings is 1. The number of carbonyl (C=O) groups is 2. The highest BCUT2D eigenvalue weighted by molar-refractivity contribution is 7.86. The molecule has 1 aromatic heterocycles. The SMILES string of the molecule is O=C(CC1CC1)N[C@H](C(=O)Nc1cncc(F)c1CCC[C@H]1CNCCN1S(=O)(=O)N1CCCC1)[C@@H](c1ccc(F)cc1)c1cc(F)cc(F)c1. The van der Waals surface area contributed by atoms with Gasteiger partial charge in [0.15, 0.2) is 0 Å². The van der Waals surface area contributed by atoms with E-state index < -0.39 is 57.3 Å². The highest BCUT2D eigenvalue weighted by atomic mass is 32.2. The molecule has 3 fully saturated rings. The van der Waals surface area contributed by atoms with E-state index in [4.69, 9.17) is 0 Å². The van der Waals surface area contributed by atoms with Crippen LogP contribution in [0.15, 0.2) is 54.9 Å². The van der Waals surface area contributed by atoms with Crippen LogP contribution in [0.5, 0.6) is 0 Å². The van der Waals surface area contributed by atoms with E-state index in [-0.39, 0.29) is 41.6 Å². The van der Waals surface area contributed by atoms with Gasteiger partial charge in [0, 0.05) is 62.7 Å². The quantitative estimate of drug-likeness (QED) is 0.208. The summed E-state index contributed by atoms with van der Waals surface area (Å²) in [6.07, 6.45) is 6.73. The summed E-state index contributed by atoms with van der Waals surface area (Å²) in [6.45, 7) is 2.28. The van der Waals surface area contributed by atoms with Gasteiger partial charge in [0.05, 0.1) is 18.1 Å². The van der Waals surface area contributed by atoms with Crippen molar-refractivity contribution in [1.82, 2.24) is 24.2 Å². The average Bonchev–Trinajstić information content (AvgIpc) is 3.71. The number of amides is 2. The van der Waals surface area contributed by atoms with Crippen molar-refractivity contribution in [2.45, 2.75) is 69.4 Å². The number of hydrogen-bond acceptors (Lipinski definition) is 6. The third-order valence-electron chi connectivity index (χ3n) is 9.79. The molecule has 0 bridgehead atoms. The van der Waals surface area contributed by atoms with Crippen molar-refractivity contribution in [3.63, 3.8) is 0 Å². The van der Waals surface area contributed by atoms with Crippen LogP contribution in [0.2, 0.25) is 0 Å². The summed E-state index contributed by atoms with van der Waals surface area (Å²) in [5.41, 5.74) is 0.501. The number of anilines is 1. The summed E-state index contributed by atoms with van der Waals surface area (Å²) in [5.74, 6) is -5.32.